The zero-order chi connectivity index (χ0) is 9.61. The molecule has 1 amide bonds. The number of hydrogen-bond acceptors (Lipinski definition) is 1. The van der Waals surface area contributed by atoms with Crippen molar-refractivity contribution in [3.05, 3.63) is 12.7 Å². The number of amides is 1. The van der Waals surface area contributed by atoms with Crippen LogP contribution in [0, 0.1) is 0 Å². The molecule has 0 atom stereocenters. The minimum Gasteiger partial charge on any atom is -0.350 e. The Bertz CT molecular complexity index is 168. The van der Waals surface area contributed by atoms with E-state index >= 15 is 0 Å². The molecule has 2 nitrogen and oxygen atoms in total. The first kappa shape index (κ1) is 11.8. The Kier molecular flexibility index (Phi) is 5.34. The summed E-state index contributed by atoms with van der Waals surface area (Å²) in [6, 6.07) is 0. The third-order valence-corrected chi connectivity index (χ3v) is 2.02. The standard InChI is InChI=1S/C8H13Cl2NO/c1-3-5-8(9,10)7(12)11-6-4-2/h4H,2-3,5-6H2,1H3,(H,11,12). The van der Waals surface area contributed by atoms with Gasteiger partial charge in [0.05, 0.1) is 0 Å². The second-order valence-electron chi connectivity index (χ2n) is 2.45. The maximum absolute atomic E-state index is 11.2. The number of carbonyl (C=O) groups is 1. The van der Waals surface area contributed by atoms with Crippen LogP contribution in [-0.4, -0.2) is 16.8 Å². The van der Waals surface area contributed by atoms with Gasteiger partial charge in [-0.15, -0.1) is 6.58 Å². The monoisotopic (exact) mass is 209 g/mol. The molecule has 0 rings (SSSR count). The van der Waals surface area contributed by atoms with Crippen molar-refractivity contribution in [2.45, 2.75) is 24.1 Å². The quantitative estimate of drug-likeness (QED) is 0.547. The van der Waals surface area contributed by atoms with Crippen molar-refractivity contribution < 1.29 is 4.79 Å². The summed E-state index contributed by atoms with van der Waals surface area (Å²) in [5.41, 5.74) is 0. The van der Waals surface area contributed by atoms with Gasteiger partial charge in [-0.25, -0.2) is 0 Å². The topological polar surface area (TPSA) is 29.1 Å². The molecule has 0 bridgehead atoms. The molecule has 70 valence electrons. The highest BCUT2D eigenvalue weighted by Gasteiger charge is 2.31. The highest BCUT2D eigenvalue weighted by molar-refractivity contribution is 6.58. The number of halogens is 2. The highest BCUT2D eigenvalue weighted by Crippen LogP contribution is 2.26. The molecular formula is C8H13Cl2NO. The summed E-state index contributed by atoms with van der Waals surface area (Å²) in [6.07, 6.45) is 2.81. The van der Waals surface area contributed by atoms with Crippen LogP contribution in [-0.2, 0) is 4.79 Å². The zero-order valence-corrected chi connectivity index (χ0v) is 8.58. The first-order valence-electron chi connectivity index (χ1n) is 3.81. The third kappa shape index (κ3) is 3.98. The average molecular weight is 210 g/mol. The van der Waals surface area contributed by atoms with Crippen molar-refractivity contribution in [1.82, 2.24) is 5.32 Å². The predicted octanol–water partition coefficient (Wildman–Crippen LogP) is 2.26. The summed E-state index contributed by atoms with van der Waals surface area (Å²) in [4.78, 5) is 11.2. The molecule has 4 heteroatoms. The SMILES string of the molecule is C=CCNC(=O)C(Cl)(Cl)CCC. The summed E-state index contributed by atoms with van der Waals surface area (Å²) in [7, 11) is 0. The van der Waals surface area contributed by atoms with E-state index in [1.165, 1.54) is 0 Å². The number of alkyl halides is 2. The minimum atomic E-state index is -1.29. The lowest BCUT2D eigenvalue weighted by Crippen LogP contribution is -2.38. The van der Waals surface area contributed by atoms with Gasteiger partial charge in [0, 0.05) is 6.54 Å². The van der Waals surface area contributed by atoms with Gasteiger partial charge in [-0.3, -0.25) is 4.79 Å². The lowest BCUT2D eigenvalue weighted by atomic mass is 10.2. The van der Waals surface area contributed by atoms with Crippen LogP contribution in [0.4, 0.5) is 0 Å². The van der Waals surface area contributed by atoms with Gasteiger partial charge in [0.1, 0.15) is 0 Å². The Hall–Kier alpha value is -0.210. The Morgan fingerprint density at radius 2 is 2.25 bits per heavy atom. The van der Waals surface area contributed by atoms with Crippen molar-refractivity contribution >= 4 is 29.1 Å². The lowest BCUT2D eigenvalue weighted by Gasteiger charge is -2.16. The Labute approximate surface area is 82.9 Å². The van der Waals surface area contributed by atoms with E-state index in [0.29, 0.717) is 13.0 Å². The molecule has 0 aromatic carbocycles. The molecule has 0 aromatic rings. The third-order valence-electron chi connectivity index (χ3n) is 1.30. The van der Waals surface area contributed by atoms with Gasteiger partial charge < -0.3 is 5.32 Å². The molecule has 0 aliphatic heterocycles. The summed E-state index contributed by atoms with van der Waals surface area (Å²) < 4.78 is -1.29. The van der Waals surface area contributed by atoms with E-state index in [9.17, 15) is 4.79 Å². The first-order chi connectivity index (χ1) is 5.54. The molecule has 0 fully saturated rings. The molecule has 0 saturated carbocycles. The first-order valence-corrected chi connectivity index (χ1v) is 4.57. The number of hydrogen-bond donors (Lipinski definition) is 1. The van der Waals surface area contributed by atoms with E-state index in [2.05, 4.69) is 11.9 Å². The minimum absolute atomic E-state index is 0.354. The lowest BCUT2D eigenvalue weighted by molar-refractivity contribution is -0.121. The summed E-state index contributed by atoms with van der Waals surface area (Å²) >= 11 is 11.5. The Morgan fingerprint density at radius 3 is 2.67 bits per heavy atom. The van der Waals surface area contributed by atoms with Gasteiger partial charge in [0.2, 0.25) is 0 Å². The smallest absolute Gasteiger partial charge is 0.256 e. The van der Waals surface area contributed by atoms with E-state index in [1.807, 2.05) is 6.92 Å². The molecule has 0 heterocycles. The van der Waals surface area contributed by atoms with E-state index < -0.39 is 4.33 Å². The van der Waals surface area contributed by atoms with Crippen molar-refractivity contribution in [2.75, 3.05) is 6.54 Å². The summed E-state index contributed by atoms with van der Waals surface area (Å²) in [6.45, 7) is 5.77. The van der Waals surface area contributed by atoms with Crippen molar-refractivity contribution in [3.8, 4) is 0 Å². The van der Waals surface area contributed by atoms with Gasteiger partial charge >= 0.3 is 0 Å². The molecule has 0 radical (unpaired) electrons. The fourth-order valence-electron chi connectivity index (χ4n) is 0.722. The largest absolute Gasteiger partial charge is 0.350 e. The van der Waals surface area contributed by atoms with Crippen LogP contribution in [0.3, 0.4) is 0 Å². The molecule has 12 heavy (non-hydrogen) atoms. The average Bonchev–Trinajstić information content (AvgIpc) is 2.00. The van der Waals surface area contributed by atoms with Crippen LogP contribution in [0.5, 0.6) is 0 Å². The fraction of sp³-hybridized carbons (Fsp3) is 0.625. The van der Waals surface area contributed by atoms with Crippen LogP contribution >= 0.6 is 23.2 Å². The summed E-state index contributed by atoms with van der Waals surface area (Å²) in [5, 5.41) is 2.54. The van der Waals surface area contributed by atoms with Gasteiger partial charge in [0.15, 0.2) is 4.33 Å². The molecule has 0 aromatic heterocycles. The van der Waals surface area contributed by atoms with Crippen LogP contribution in [0.2, 0.25) is 0 Å². The number of rotatable bonds is 5. The predicted molar refractivity (Wildman–Crippen MR) is 52.6 cm³/mol. The number of nitrogens with one attached hydrogen (secondary N) is 1. The molecule has 0 aliphatic rings. The molecule has 1 N–H and O–H groups in total. The Balaban J connectivity index is 3.96. The van der Waals surface area contributed by atoms with Crippen molar-refractivity contribution in [1.29, 1.82) is 0 Å². The van der Waals surface area contributed by atoms with Crippen molar-refractivity contribution in [3.63, 3.8) is 0 Å². The van der Waals surface area contributed by atoms with Gasteiger partial charge in [-0.2, -0.15) is 0 Å². The molecule has 0 saturated heterocycles. The molecule has 0 unspecified atom stereocenters. The molecule has 0 spiro atoms. The maximum atomic E-state index is 11.2. The van der Waals surface area contributed by atoms with E-state index in [-0.39, 0.29) is 5.91 Å². The van der Waals surface area contributed by atoms with Crippen LogP contribution in [0.25, 0.3) is 0 Å². The molecule has 0 aliphatic carbocycles. The summed E-state index contributed by atoms with van der Waals surface area (Å²) in [5.74, 6) is -0.354. The second-order valence-corrected chi connectivity index (χ2v) is 3.94. The van der Waals surface area contributed by atoms with Crippen LogP contribution in [0.15, 0.2) is 12.7 Å². The normalized spacial score (nSPS) is 10.9. The zero-order valence-electron chi connectivity index (χ0n) is 7.07. The molecular weight excluding hydrogens is 197 g/mol. The second kappa shape index (κ2) is 5.44. The van der Waals surface area contributed by atoms with Crippen LogP contribution in [0.1, 0.15) is 19.8 Å². The van der Waals surface area contributed by atoms with Gasteiger partial charge in [0.25, 0.3) is 5.91 Å². The van der Waals surface area contributed by atoms with Gasteiger partial charge in [-0.05, 0) is 6.42 Å². The van der Waals surface area contributed by atoms with E-state index in [1.54, 1.807) is 6.08 Å². The van der Waals surface area contributed by atoms with Crippen LogP contribution < -0.4 is 5.32 Å². The maximum Gasteiger partial charge on any atom is 0.256 e. The van der Waals surface area contributed by atoms with E-state index in [4.69, 9.17) is 23.2 Å². The van der Waals surface area contributed by atoms with Crippen molar-refractivity contribution in [2.24, 2.45) is 0 Å². The highest BCUT2D eigenvalue weighted by atomic mass is 35.5. The Morgan fingerprint density at radius 1 is 1.67 bits per heavy atom. The fourth-order valence-corrected chi connectivity index (χ4v) is 1.23. The number of carbonyl (C=O) groups excluding carboxylic acids is 1. The van der Waals surface area contributed by atoms with E-state index in [0.717, 1.165) is 6.42 Å². The van der Waals surface area contributed by atoms with Gasteiger partial charge in [-0.1, -0.05) is 42.6 Å².